The molecule has 21 heavy (non-hydrogen) atoms. The minimum Gasteiger partial charge on any atom is -0.397 e. The van der Waals surface area contributed by atoms with E-state index in [1.165, 1.54) is 0 Å². The molecular formula is C12H18N4O4S. The lowest BCUT2D eigenvalue weighted by Crippen LogP contribution is -2.31. The SMILES string of the molecule is CN1CCC(CNS(=O)(=O)c2ccc([N+](=O)[O-])cc2N)C1. The molecule has 1 unspecified atom stereocenters. The molecule has 1 fully saturated rings. The van der Waals surface area contributed by atoms with Crippen LogP contribution in [-0.2, 0) is 10.0 Å². The van der Waals surface area contributed by atoms with E-state index in [2.05, 4.69) is 9.62 Å². The highest BCUT2D eigenvalue weighted by molar-refractivity contribution is 7.89. The molecule has 2 rings (SSSR count). The summed E-state index contributed by atoms with van der Waals surface area (Å²) in [5.74, 6) is 0.268. The van der Waals surface area contributed by atoms with Crippen molar-refractivity contribution in [1.29, 1.82) is 0 Å². The molecular weight excluding hydrogens is 296 g/mol. The van der Waals surface area contributed by atoms with Crippen LogP contribution in [0.4, 0.5) is 11.4 Å². The minimum absolute atomic E-state index is 0.125. The first-order chi connectivity index (χ1) is 9.79. The highest BCUT2D eigenvalue weighted by Gasteiger charge is 2.24. The van der Waals surface area contributed by atoms with Crippen LogP contribution in [0.2, 0.25) is 0 Å². The smallest absolute Gasteiger partial charge is 0.271 e. The number of nitrogens with two attached hydrogens (primary N) is 1. The lowest BCUT2D eigenvalue weighted by atomic mass is 10.1. The summed E-state index contributed by atoms with van der Waals surface area (Å²) in [6, 6.07) is 3.35. The van der Waals surface area contributed by atoms with Gasteiger partial charge in [-0.1, -0.05) is 0 Å². The van der Waals surface area contributed by atoms with Gasteiger partial charge in [0.1, 0.15) is 4.90 Å². The van der Waals surface area contributed by atoms with Crippen LogP contribution in [0.5, 0.6) is 0 Å². The quantitative estimate of drug-likeness (QED) is 0.461. The van der Waals surface area contributed by atoms with Crippen LogP contribution in [0.15, 0.2) is 23.1 Å². The van der Waals surface area contributed by atoms with Gasteiger partial charge in [-0.05, 0) is 32.0 Å². The molecule has 0 aromatic heterocycles. The van der Waals surface area contributed by atoms with E-state index in [1.54, 1.807) is 0 Å². The number of hydrogen-bond donors (Lipinski definition) is 2. The summed E-state index contributed by atoms with van der Waals surface area (Å²) in [4.78, 5) is 12.0. The highest BCUT2D eigenvalue weighted by atomic mass is 32.2. The van der Waals surface area contributed by atoms with Crippen molar-refractivity contribution >= 4 is 21.4 Å². The molecule has 1 saturated heterocycles. The first-order valence-corrected chi connectivity index (χ1v) is 8.00. The van der Waals surface area contributed by atoms with Gasteiger partial charge in [0.2, 0.25) is 10.0 Å². The lowest BCUT2D eigenvalue weighted by molar-refractivity contribution is -0.384. The number of nitrogens with one attached hydrogen (secondary N) is 1. The monoisotopic (exact) mass is 314 g/mol. The number of benzene rings is 1. The van der Waals surface area contributed by atoms with E-state index in [1.807, 2.05) is 7.05 Å². The zero-order valence-corrected chi connectivity index (χ0v) is 12.5. The molecule has 1 aliphatic heterocycles. The van der Waals surface area contributed by atoms with E-state index in [9.17, 15) is 18.5 Å². The molecule has 0 spiro atoms. The Morgan fingerprint density at radius 1 is 1.52 bits per heavy atom. The number of sulfonamides is 1. The number of likely N-dealkylation sites (tertiary alicyclic amines) is 1. The Kier molecular flexibility index (Phi) is 4.45. The van der Waals surface area contributed by atoms with Gasteiger partial charge in [0.25, 0.3) is 5.69 Å². The summed E-state index contributed by atoms with van der Waals surface area (Å²) in [7, 11) is -1.77. The number of non-ortho nitro benzene ring substituents is 1. The Bertz CT molecular complexity index is 647. The standard InChI is InChI=1S/C12H18N4O4S/c1-15-5-4-9(8-15)7-14-21(19,20)12-3-2-10(16(17)18)6-11(12)13/h2-3,6,9,14H,4-5,7-8,13H2,1H3. The van der Waals surface area contributed by atoms with Crippen LogP contribution in [0.25, 0.3) is 0 Å². The van der Waals surface area contributed by atoms with Crippen molar-refractivity contribution in [2.45, 2.75) is 11.3 Å². The van der Waals surface area contributed by atoms with Crippen LogP contribution < -0.4 is 10.5 Å². The molecule has 8 nitrogen and oxygen atoms in total. The van der Waals surface area contributed by atoms with Gasteiger partial charge in [0, 0.05) is 25.2 Å². The summed E-state index contributed by atoms with van der Waals surface area (Å²) in [6.07, 6.45) is 0.939. The Balaban J connectivity index is 2.10. The molecule has 0 radical (unpaired) electrons. The van der Waals surface area contributed by atoms with E-state index < -0.39 is 14.9 Å². The fourth-order valence-corrected chi connectivity index (χ4v) is 3.62. The number of rotatable bonds is 5. The number of nitrogens with zero attached hydrogens (tertiary/aromatic N) is 2. The minimum atomic E-state index is -3.75. The third-order valence-corrected chi connectivity index (χ3v) is 5.04. The highest BCUT2D eigenvalue weighted by Crippen LogP contribution is 2.24. The molecule has 116 valence electrons. The third kappa shape index (κ3) is 3.69. The summed E-state index contributed by atoms with van der Waals surface area (Å²) in [5, 5.41) is 10.6. The summed E-state index contributed by atoms with van der Waals surface area (Å²) in [5.41, 5.74) is 5.26. The van der Waals surface area contributed by atoms with Crippen molar-refractivity contribution < 1.29 is 13.3 Å². The van der Waals surface area contributed by atoms with Gasteiger partial charge in [0.05, 0.1) is 10.6 Å². The van der Waals surface area contributed by atoms with Gasteiger partial charge < -0.3 is 10.6 Å². The Morgan fingerprint density at radius 2 is 2.24 bits per heavy atom. The Labute approximate surface area is 123 Å². The van der Waals surface area contributed by atoms with Gasteiger partial charge in [-0.15, -0.1) is 0 Å². The first kappa shape index (κ1) is 15.7. The van der Waals surface area contributed by atoms with Crippen molar-refractivity contribution in [3.63, 3.8) is 0 Å². The van der Waals surface area contributed by atoms with Crippen molar-refractivity contribution in [3.8, 4) is 0 Å². The van der Waals surface area contributed by atoms with Gasteiger partial charge in [-0.25, -0.2) is 13.1 Å². The summed E-state index contributed by atoms with van der Waals surface area (Å²) >= 11 is 0. The van der Waals surface area contributed by atoms with Crippen LogP contribution in [0.1, 0.15) is 6.42 Å². The molecule has 0 aliphatic carbocycles. The lowest BCUT2D eigenvalue weighted by Gasteiger charge is -2.13. The Hall–Kier alpha value is -1.71. The van der Waals surface area contributed by atoms with E-state index >= 15 is 0 Å². The molecule has 0 bridgehead atoms. The first-order valence-electron chi connectivity index (χ1n) is 6.52. The zero-order valence-electron chi connectivity index (χ0n) is 11.7. The summed E-state index contributed by atoms with van der Waals surface area (Å²) < 4.78 is 26.9. The number of nitro benzene ring substituents is 1. The normalized spacial score (nSPS) is 19.8. The largest absolute Gasteiger partial charge is 0.397 e. The zero-order chi connectivity index (χ0) is 15.6. The van der Waals surface area contributed by atoms with Gasteiger partial charge in [0.15, 0.2) is 0 Å². The van der Waals surface area contributed by atoms with Crippen LogP contribution in [-0.4, -0.2) is 44.9 Å². The van der Waals surface area contributed by atoms with E-state index in [0.29, 0.717) is 6.54 Å². The molecule has 9 heteroatoms. The molecule has 1 atom stereocenters. The molecule has 0 amide bonds. The number of hydrogen-bond acceptors (Lipinski definition) is 6. The van der Waals surface area contributed by atoms with Crippen molar-refractivity contribution in [2.24, 2.45) is 5.92 Å². The second kappa shape index (κ2) is 5.96. The average molecular weight is 314 g/mol. The second-order valence-corrected chi connectivity index (χ2v) is 6.98. The van der Waals surface area contributed by atoms with Crippen LogP contribution >= 0.6 is 0 Å². The molecule has 1 aliphatic rings. The maximum absolute atomic E-state index is 12.2. The van der Waals surface area contributed by atoms with Gasteiger partial charge in [-0.3, -0.25) is 10.1 Å². The van der Waals surface area contributed by atoms with E-state index in [0.717, 1.165) is 37.7 Å². The average Bonchev–Trinajstić information content (AvgIpc) is 2.82. The fourth-order valence-electron chi connectivity index (χ4n) is 2.39. The predicted molar refractivity (Wildman–Crippen MR) is 78.3 cm³/mol. The van der Waals surface area contributed by atoms with Crippen molar-refractivity contribution in [2.75, 3.05) is 32.4 Å². The van der Waals surface area contributed by atoms with Gasteiger partial charge >= 0.3 is 0 Å². The predicted octanol–water partition coefficient (Wildman–Crippen LogP) is 0.407. The van der Waals surface area contributed by atoms with E-state index in [-0.39, 0.29) is 22.2 Å². The fraction of sp³-hybridized carbons (Fsp3) is 0.500. The molecule has 1 heterocycles. The molecule has 3 N–H and O–H groups in total. The van der Waals surface area contributed by atoms with Crippen molar-refractivity contribution in [3.05, 3.63) is 28.3 Å². The van der Waals surface area contributed by atoms with Crippen LogP contribution in [0.3, 0.4) is 0 Å². The number of nitro groups is 1. The topological polar surface area (TPSA) is 119 Å². The Morgan fingerprint density at radius 3 is 2.76 bits per heavy atom. The van der Waals surface area contributed by atoms with E-state index in [4.69, 9.17) is 5.73 Å². The van der Waals surface area contributed by atoms with Crippen LogP contribution in [0, 0.1) is 16.0 Å². The number of anilines is 1. The summed E-state index contributed by atoms with van der Waals surface area (Å²) in [6.45, 7) is 2.13. The third-order valence-electron chi connectivity index (χ3n) is 3.54. The molecule has 1 aromatic carbocycles. The molecule has 0 saturated carbocycles. The van der Waals surface area contributed by atoms with Gasteiger partial charge in [-0.2, -0.15) is 0 Å². The van der Waals surface area contributed by atoms with Crippen molar-refractivity contribution in [1.82, 2.24) is 9.62 Å². The maximum atomic E-state index is 12.2. The number of nitrogen functional groups attached to an aromatic ring is 1. The maximum Gasteiger partial charge on any atom is 0.271 e. The second-order valence-electron chi connectivity index (χ2n) is 5.25. The molecule has 1 aromatic rings.